The van der Waals surface area contributed by atoms with Gasteiger partial charge in [-0.3, -0.25) is 9.11 Å². The van der Waals surface area contributed by atoms with E-state index in [9.17, 15) is 0 Å². The van der Waals surface area contributed by atoms with Crippen LogP contribution in [0.1, 0.15) is 11.1 Å². The standard InChI is InChI=1S/C8H10.2H3N.H2O4S/c1-7-4-3-5-8(2)6-7;;;1-5(2,3)4/h3-6H,1-2H3;2*1H3;(H2,1,2,3,4). The highest BCUT2D eigenvalue weighted by Crippen LogP contribution is 2.00. The predicted octanol–water partition coefficient (Wildman–Crippen LogP) is 1.97. The Hall–Kier alpha value is -0.990. The van der Waals surface area contributed by atoms with Crippen LogP contribution in [0.4, 0.5) is 0 Å². The minimum Gasteiger partial charge on any atom is -0.344 e. The second-order valence-electron chi connectivity index (χ2n) is 2.61. The largest absolute Gasteiger partial charge is 0.394 e. The highest BCUT2D eigenvalue weighted by Gasteiger charge is 1.84. The molecule has 0 saturated heterocycles. The van der Waals surface area contributed by atoms with Crippen molar-refractivity contribution in [2.75, 3.05) is 0 Å². The third-order valence-electron chi connectivity index (χ3n) is 1.17. The van der Waals surface area contributed by atoms with E-state index in [1.54, 1.807) is 0 Å². The van der Waals surface area contributed by atoms with E-state index in [-0.39, 0.29) is 12.3 Å². The molecule has 0 aliphatic carbocycles. The molecule has 1 rings (SSSR count). The molecular formula is C8H18N2O4S. The smallest absolute Gasteiger partial charge is 0.344 e. The van der Waals surface area contributed by atoms with Gasteiger partial charge in [-0.2, -0.15) is 8.42 Å². The van der Waals surface area contributed by atoms with Crippen LogP contribution in [-0.4, -0.2) is 17.5 Å². The van der Waals surface area contributed by atoms with Crippen LogP contribution in [0.15, 0.2) is 24.3 Å². The average Bonchev–Trinajstić information content (AvgIpc) is 1.81. The Morgan fingerprint density at radius 3 is 1.40 bits per heavy atom. The van der Waals surface area contributed by atoms with Crippen molar-refractivity contribution < 1.29 is 17.5 Å². The highest BCUT2D eigenvalue weighted by atomic mass is 32.3. The Bertz CT molecular complexity index is 339. The second kappa shape index (κ2) is 8.33. The first-order valence-electron chi connectivity index (χ1n) is 3.52. The summed E-state index contributed by atoms with van der Waals surface area (Å²) in [5.74, 6) is 0. The van der Waals surface area contributed by atoms with E-state index in [4.69, 9.17) is 17.5 Å². The van der Waals surface area contributed by atoms with Gasteiger partial charge in [0.1, 0.15) is 0 Å². The Kier molecular flexibility index (Phi) is 10.9. The Morgan fingerprint density at radius 2 is 1.27 bits per heavy atom. The van der Waals surface area contributed by atoms with Crippen LogP contribution in [0.3, 0.4) is 0 Å². The normalized spacial score (nSPS) is 8.80. The summed E-state index contributed by atoms with van der Waals surface area (Å²) in [4.78, 5) is 0. The monoisotopic (exact) mass is 238 g/mol. The van der Waals surface area contributed by atoms with Crippen molar-refractivity contribution in [3.63, 3.8) is 0 Å². The van der Waals surface area contributed by atoms with E-state index in [2.05, 4.69) is 38.1 Å². The van der Waals surface area contributed by atoms with Crippen molar-refractivity contribution in [2.24, 2.45) is 0 Å². The number of aryl methyl sites for hydroxylation is 2. The summed E-state index contributed by atoms with van der Waals surface area (Å²) in [6, 6.07) is 8.45. The maximum Gasteiger partial charge on any atom is 0.394 e. The fourth-order valence-electron chi connectivity index (χ4n) is 0.807. The molecule has 0 amide bonds. The molecule has 0 heterocycles. The van der Waals surface area contributed by atoms with Gasteiger partial charge in [0.25, 0.3) is 0 Å². The highest BCUT2D eigenvalue weighted by molar-refractivity contribution is 7.79. The molecule has 0 aromatic heterocycles. The van der Waals surface area contributed by atoms with Crippen molar-refractivity contribution in [2.45, 2.75) is 13.8 Å². The van der Waals surface area contributed by atoms with Gasteiger partial charge in [-0.05, 0) is 13.8 Å². The number of rotatable bonds is 0. The quantitative estimate of drug-likeness (QED) is 0.508. The molecule has 1 aromatic carbocycles. The summed E-state index contributed by atoms with van der Waals surface area (Å²) in [6.45, 7) is 4.21. The van der Waals surface area contributed by atoms with E-state index >= 15 is 0 Å². The summed E-state index contributed by atoms with van der Waals surface area (Å²) < 4.78 is 31.6. The van der Waals surface area contributed by atoms with Crippen LogP contribution < -0.4 is 12.3 Å². The first-order valence-corrected chi connectivity index (χ1v) is 4.92. The lowest BCUT2D eigenvalue weighted by Crippen LogP contribution is -1.89. The van der Waals surface area contributed by atoms with Crippen LogP contribution in [0, 0.1) is 13.8 Å². The van der Waals surface area contributed by atoms with Gasteiger partial charge < -0.3 is 12.3 Å². The molecule has 0 saturated carbocycles. The Labute approximate surface area is 90.1 Å². The fraction of sp³-hybridized carbons (Fsp3) is 0.250. The molecule has 7 heteroatoms. The number of hydrogen-bond acceptors (Lipinski definition) is 4. The molecule has 1 aromatic rings. The summed E-state index contributed by atoms with van der Waals surface area (Å²) in [5.41, 5.74) is 2.68. The van der Waals surface area contributed by atoms with E-state index < -0.39 is 10.4 Å². The lowest BCUT2D eigenvalue weighted by molar-refractivity contribution is 0.381. The molecule has 0 aliphatic heterocycles. The molecule has 0 spiro atoms. The molecule has 8 N–H and O–H groups in total. The second-order valence-corrected chi connectivity index (χ2v) is 3.50. The maximum absolute atomic E-state index is 8.74. The third kappa shape index (κ3) is 19.4. The van der Waals surface area contributed by atoms with Crippen molar-refractivity contribution in [3.05, 3.63) is 35.4 Å². The first-order chi connectivity index (χ1) is 5.79. The number of benzene rings is 1. The summed E-state index contributed by atoms with van der Waals surface area (Å²) in [7, 11) is -4.67. The molecule has 90 valence electrons. The van der Waals surface area contributed by atoms with Gasteiger partial charge in [-0.25, -0.2) is 0 Å². The van der Waals surface area contributed by atoms with Crippen molar-refractivity contribution >= 4 is 10.4 Å². The Morgan fingerprint density at radius 1 is 1.00 bits per heavy atom. The minimum atomic E-state index is -4.67. The van der Waals surface area contributed by atoms with Gasteiger partial charge in [0, 0.05) is 0 Å². The van der Waals surface area contributed by atoms with Gasteiger partial charge >= 0.3 is 10.4 Å². The average molecular weight is 238 g/mol. The molecule has 6 nitrogen and oxygen atoms in total. The molecule has 0 radical (unpaired) electrons. The zero-order chi connectivity index (χ0) is 10.5. The van der Waals surface area contributed by atoms with Gasteiger partial charge in [0.05, 0.1) is 0 Å². The minimum absolute atomic E-state index is 0. The van der Waals surface area contributed by atoms with Crippen LogP contribution in [0.25, 0.3) is 0 Å². The Balaban J connectivity index is -0.000000185. The van der Waals surface area contributed by atoms with Crippen LogP contribution in [0.5, 0.6) is 0 Å². The van der Waals surface area contributed by atoms with Gasteiger partial charge in [0.2, 0.25) is 0 Å². The van der Waals surface area contributed by atoms with Gasteiger partial charge in [0.15, 0.2) is 0 Å². The molecule has 0 fully saturated rings. The van der Waals surface area contributed by atoms with E-state index in [0.29, 0.717) is 0 Å². The summed E-state index contributed by atoms with van der Waals surface area (Å²) in [5, 5.41) is 0. The van der Waals surface area contributed by atoms with Crippen molar-refractivity contribution in [3.8, 4) is 0 Å². The molecule has 0 aliphatic rings. The van der Waals surface area contributed by atoms with Crippen molar-refractivity contribution in [1.82, 2.24) is 12.3 Å². The van der Waals surface area contributed by atoms with Gasteiger partial charge in [-0.1, -0.05) is 35.4 Å². The predicted molar refractivity (Wildman–Crippen MR) is 60.1 cm³/mol. The van der Waals surface area contributed by atoms with Crippen LogP contribution >= 0.6 is 0 Å². The topological polar surface area (TPSA) is 145 Å². The summed E-state index contributed by atoms with van der Waals surface area (Å²) in [6.07, 6.45) is 0. The zero-order valence-corrected chi connectivity index (χ0v) is 9.66. The molecule has 0 bridgehead atoms. The molecule has 0 unspecified atom stereocenters. The first kappa shape index (κ1) is 19.6. The molecule has 15 heavy (non-hydrogen) atoms. The SMILES string of the molecule is Cc1cccc(C)c1.N.N.O=S(=O)(O)O. The van der Waals surface area contributed by atoms with Gasteiger partial charge in [-0.15, -0.1) is 0 Å². The maximum atomic E-state index is 8.74. The van der Waals surface area contributed by atoms with E-state index in [1.807, 2.05) is 0 Å². The van der Waals surface area contributed by atoms with E-state index in [0.717, 1.165) is 0 Å². The zero-order valence-electron chi connectivity index (χ0n) is 8.84. The lowest BCUT2D eigenvalue weighted by atomic mass is 10.2. The third-order valence-corrected chi connectivity index (χ3v) is 1.17. The summed E-state index contributed by atoms with van der Waals surface area (Å²) >= 11 is 0. The molecule has 0 atom stereocenters. The van der Waals surface area contributed by atoms with E-state index in [1.165, 1.54) is 11.1 Å². The van der Waals surface area contributed by atoms with Crippen molar-refractivity contribution in [1.29, 1.82) is 0 Å². The number of hydrogen-bond donors (Lipinski definition) is 4. The van der Waals surface area contributed by atoms with Crippen LogP contribution in [0.2, 0.25) is 0 Å². The molecular weight excluding hydrogens is 220 g/mol. The fourth-order valence-corrected chi connectivity index (χ4v) is 0.807. The van der Waals surface area contributed by atoms with Crippen LogP contribution in [-0.2, 0) is 10.4 Å². The lowest BCUT2D eigenvalue weighted by Gasteiger charge is -1.90.